The SMILES string of the molecule is CCc1ccc(Oc2ccc(C=O)c(C)c2)c([N+](=O)[O-])c1. The molecule has 2 rings (SSSR count). The third kappa shape index (κ3) is 3.25. The predicted octanol–water partition coefficient (Wildman–Crippen LogP) is 4.07. The summed E-state index contributed by atoms with van der Waals surface area (Å²) in [5, 5.41) is 11.1. The van der Waals surface area contributed by atoms with Crippen LogP contribution in [0.15, 0.2) is 36.4 Å². The lowest BCUT2D eigenvalue weighted by Crippen LogP contribution is -1.96. The van der Waals surface area contributed by atoms with Gasteiger partial charge in [-0.2, -0.15) is 0 Å². The van der Waals surface area contributed by atoms with E-state index >= 15 is 0 Å². The number of aryl methyl sites for hydroxylation is 2. The van der Waals surface area contributed by atoms with Crippen molar-refractivity contribution in [1.82, 2.24) is 0 Å². The van der Waals surface area contributed by atoms with Crippen molar-refractivity contribution in [2.24, 2.45) is 0 Å². The third-order valence-electron chi connectivity index (χ3n) is 3.22. The van der Waals surface area contributed by atoms with E-state index in [0.717, 1.165) is 17.4 Å². The van der Waals surface area contributed by atoms with Gasteiger partial charge in [-0.25, -0.2) is 0 Å². The first-order valence-electron chi connectivity index (χ1n) is 6.56. The van der Waals surface area contributed by atoms with Crippen LogP contribution in [0.1, 0.15) is 28.4 Å². The Bertz CT molecular complexity index is 695. The van der Waals surface area contributed by atoms with Gasteiger partial charge in [0.1, 0.15) is 12.0 Å². The summed E-state index contributed by atoms with van der Waals surface area (Å²) >= 11 is 0. The van der Waals surface area contributed by atoms with Crippen molar-refractivity contribution in [3.05, 3.63) is 63.2 Å². The van der Waals surface area contributed by atoms with Gasteiger partial charge in [0, 0.05) is 11.6 Å². The normalized spacial score (nSPS) is 10.2. The molecule has 0 spiro atoms. The minimum Gasteiger partial charge on any atom is -0.450 e. The second-order valence-corrected chi connectivity index (χ2v) is 4.65. The Morgan fingerprint density at radius 3 is 2.57 bits per heavy atom. The largest absolute Gasteiger partial charge is 0.450 e. The molecule has 0 atom stereocenters. The molecule has 5 heteroatoms. The third-order valence-corrected chi connectivity index (χ3v) is 3.22. The Morgan fingerprint density at radius 2 is 2.00 bits per heavy atom. The standard InChI is InChI=1S/C16H15NO4/c1-3-12-4-7-16(15(9-12)17(19)20)21-14-6-5-13(10-18)11(2)8-14/h4-10H,3H2,1-2H3. The highest BCUT2D eigenvalue weighted by Crippen LogP contribution is 2.32. The number of nitro groups is 1. The van der Waals surface area contributed by atoms with Crippen molar-refractivity contribution in [2.45, 2.75) is 20.3 Å². The van der Waals surface area contributed by atoms with E-state index in [4.69, 9.17) is 4.74 Å². The zero-order chi connectivity index (χ0) is 15.4. The van der Waals surface area contributed by atoms with Crippen molar-refractivity contribution < 1.29 is 14.5 Å². The number of hydrogen-bond acceptors (Lipinski definition) is 4. The van der Waals surface area contributed by atoms with E-state index in [9.17, 15) is 14.9 Å². The molecule has 0 saturated carbocycles. The van der Waals surface area contributed by atoms with Crippen molar-refractivity contribution in [3.63, 3.8) is 0 Å². The van der Waals surface area contributed by atoms with E-state index in [1.807, 2.05) is 6.92 Å². The average molecular weight is 285 g/mol. The van der Waals surface area contributed by atoms with Gasteiger partial charge < -0.3 is 4.74 Å². The van der Waals surface area contributed by atoms with Gasteiger partial charge in [-0.3, -0.25) is 14.9 Å². The highest BCUT2D eigenvalue weighted by Gasteiger charge is 2.16. The number of carbonyl (C=O) groups is 1. The molecule has 0 fully saturated rings. The number of rotatable bonds is 5. The van der Waals surface area contributed by atoms with E-state index in [2.05, 4.69) is 0 Å². The fourth-order valence-electron chi connectivity index (χ4n) is 1.98. The number of hydrogen-bond donors (Lipinski definition) is 0. The van der Waals surface area contributed by atoms with Gasteiger partial charge in [0.25, 0.3) is 0 Å². The number of nitro benzene ring substituents is 1. The Hall–Kier alpha value is -2.69. The quantitative estimate of drug-likeness (QED) is 0.471. The van der Waals surface area contributed by atoms with Gasteiger partial charge in [0.05, 0.1) is 4.92 Å². The highest BCUT2D eigenvalue weighted by atomic mass is 16.6. The predicted molar refractivity (Wildman–Crippen MR) is 79.1 cm³/mol. The van der Waals surface area contributed by atoms with Crippen molar-refractivity contribution in [2.75, 3.05) is 0 Å². The van der Waals surface area contributed by atoms with Crippen LogP contribution in [0.4, 0.5) is 5.69 Å². The van der Waals surface area contributed by atoms with Crippen LogP contribution in [-0.2, 0) is 6.42 Å². The minimum absolute atomic E-state index is 0.0635. The van der Waals surface area contributed by atoms with Crippen LogP contribution >= 0.6 is 0 Å². The maximum atomic E-state index is 11.1. The monoisotopic (exact) mass is 285 g/mol. The summed E-state index contributed by atoms with van der Waals surface area (Å²) < 4.78 is 5.59. The van der Waals surface area contributed by atoms with Crippen molar-refractivity contribution >= 4 is 12.0 Å². The van der Waals surface area contributed by atoms with E-state index in [0.29, 0.717) is 17.7 Å². The fourth-order valence-corrected chi connectivity index (χ4v) is 1.98. The summed E-state index contributed by atoms with van der Waals surface area (Å²) in [6, 6.07) is 9.84. The van der Waals surface area contributed by atoms with E-state index in [-0.39, 0.29) is 11.4 Å². The van der Waals surface area contributed by atoms with Gasteiger partial charge in [-0.15, -0.1) is 0 Å². The lowest BCUT2D eigenvalue weighted by atomic mass is 10.1. The van der Waals surface area contributed by atoms with Crippen LogP contribution in [-0.4, -0.2) is 11.2 Å². The molecule has 0 amide bonds. The molecule has 0 aliphatic rings. The summed E-state index contributed by atoms with van der Waals surface area (Å²) in [7, 11) is 0. The Morgan fingerprint density at radius 1 is 1.24 bits per heavy atom. The number of carbonyl (C=O) groups excluding carboxylic acids is 1. The number of aldehydes is 1. The first-order chi connectivity index (χ1) is 10.0. The summed E-state index contributed by atoms with van der Waals surface area (Å²) in [4.78, 5) is 21.5. The molecule has 0 aliphatic heterocycles. The molecule has 0 heterocycles. The van der Waals surface area contributed by atoms with Crippen molar-refractivity contribution in [3.8, 4) is 11.5 Å². The van der Waals surface area contributed by atoms with E-state index in [1.54, 1.807) is 37.3 Å². The lowest BCUT2D eigenvalue weighted by Gasteiger charge is -2.09. The fraction of sp³-hybridized carbons (Fsp3) is 0.188. The molecule has 108 valence electrons. The summed E-state index contributed by atoms with van der Waals surface area (Å²) in [6.45, 7) is 3.71. The van der Waals surface area contributed by atoms with Gasteiger partial charge in [-0.05, 0) is 48.7 Å². The average Bonchev–Trinajstić information content (AvgIpc) is 2.47. The molecule has 21 heavy (non-hydrogen) atoms. The zero-order valence-electron chi connectivity index (χ0n) is 11.8. The molecule has 5 nitrogen and oxygen atoms in total. The molecule has 0 bridgehead atoms. The molecule has 0 unspecified atom stereocenters. The van der Waals surface area contributed by atoms with E-state index < -0.39 is 4.92 Å². The summed E-state index contributed by atoms with van der Waals surface area (Å²) in [5.41, 5.74) is 2.14. The Balaban J connectivity index is 2.37. The molecular weight excluding hydrogens is 270 g/mol. The first-order valence-corrected chi connectivity index (χ1v) is 6.56. The molecule has 0 aliphatic carbocycles. The molecule has 2 aromatic carbocycles. The summed E-state index contributed by atoms with van der Waals surface area (Å²) in [6.07, 6.45) is 1.48. The molecule has 2 aromatic rings. The second kappa shape index (κ2) is 6.17. The minimum atomic E-state index is -0.457. The summed E-state index contributed by atoms with van der Waals surface area (Å²) in [5.74, 6) is 0.654. The van der Waals surface area contributed by atoms with Crippen LogP contribution < -0.4 is 4.74 Å². The molecule has 0 radical (unpaired) electrons. The first kappa shape index (κ1) is 14.7. The van der Waals surface area contributed by atoms with Gasteiger partial charge in [-0.1, -0.05) is 13.0 Å². The number of nitrogens with zero attached hydrogens (tertiary/aromatic N) is 1. The number of benzene rings is 2. The van der Waals surface area contributed by atoms with Crippen LogP contribution in [0.2, 0.25) is 0 Å². The topological polar surface area (TPSA) is 69.4 Å². The van der Waals surface area contributed by atoms with Crippen LogP contribution in [0, 0.1) is 17.0 Å². The van der Waals surface area contributed by atoms with E-state index in [1.165, 1.54) is 6.07 Å². The molecule has 0 saturated heterocycles. The maximum absolute atomic E-state index is 11.1. The maximum Gasteiger partial charge on any atom is 0.311 e. The smallest absolute Gasteiger partial charge is 0.311 e. The molecule has 0 N–H and O–H groups in total. The van der Waals surface area contributed by atoms with Crippen LogP contribution in [0.3, 0.4) is 0 Å². The van der Waals surface area contributed by atoms with Gasteiger partial charge >= 0.3 is 5.69 Å². The zero-order valence-corrected chi connectivity index (χ0v) is 11.8. The Labute approximate surface area is 122 Å². The highest BCUT2D eigenvalue weighted by molar-refractivity contribution is 5.77. The van der Waals surface area contributed by atoms with Crippen LogP contribution in [0.25, 0.3) is 0 Å². The van der Waals surface area contributed by atoms with Crippen LogP contribution in [0.5, 0.6) is 11.5 Å². The van der Waals surface area contributed by atoms with Gasteiger partial charge in [0.15, 0.2) is 0 Å². The molecular formula is C16H15NO4. The Kier molecular flexibility index (Phi) is 4.33. The number of ether oxygens (including phenoxy) is 1. The lowest BCUT2D eigenvalue weighted by molar-refractivity contribution is -0.385. The van der Waals surface area contributed by atoms with Crippen molar-refractivity contribution in [1.29, 1.82) is 0 Å². The molecule has 0 aromatic heterocycles. The van der Waals surface area contributed by atoms with Gasteiger partial charge in [0.2, 0.25) is 5.75 Å². The second-order valence-electron chi connectivity index (χ2n) is 4.65.